The van der Waals surface area contributed by atoms with Crippen LogP contribution in [0, 0.1) is 0 Å². The fraction of sp³-hybridized carbons (Fsp3) is 0.600. The minimum Gasteiger partial charge on any atom is -0.329 e. The van der Waals surface area contributed by atoms with E-state index in [1.807, 2.05) is 12.1 Å². The van der Waals surface area contributed by atoms with Gasteiger partial charge in [-0.05, 0) is 50.7 Å². The first-order valence-corrected chi connectivity index (χ1v) is 7.95. The predicted molar refractivity (Wildman–Crippen MR) is 86.6 cm³/mol. The lowest BCUT2D eigenvalue weighted by atomic mass is 10.1. The lowest BCUT2D eigenvalue weighted by Gasteiger charge is -2.29. The lowest BCUT2D eigenvalue weighted by Crippen LogP contribution is -2.36. The zero-order valence-corrected chi connectivity index (χ0v) is 13.5. The van der Waals surface area contributed by atoms with Crippen LogP contribution in [0.3, 0.4) is 0 Å². The summed E-state index contributed by atoms with van der Waals surface area (Å²) in [6.45, 7) is 5.10. The van der Waals surface area contributed by atoms with Crippen LogP contribution in [0.1, 0.15) is 24.4 Å². The summed E-state index contributed by atoms with van der Waals surface area (Å²) in [4.78, 5) is 4.79. The Labute approximate surface area is 131 Å². The zero-order valence-electron chi connectivity index (χ0n) is 12.0. The van der Waals surface area contributed by atoms with Crippen molar-refractivity contribution in [3.8, 4) is 0 Å². The molecule has 1 aliphatic rings. The van der Waals surface area contributed by atoms with Gasteiger partial charge in [-0.1, -0.05) is 29.3 Å². The second-order valence-corrected chi connectivity index (χ2v) is 6.29. The maximum Gasteiger partial charge on any atom is 0.0482 e. The van der Waals surface area contributed by atoms with E-state index in [1.54, 1.807) is 6.07 Å². The number of hydrogen-bond acceptors (Lipinski definition) is 3. The quantitative estimate of drug-likeness (QED) is 0.875. The maximum absolute atomic E-state index is 6.30. The first kappa shape index (κ1) is 16.1. The minimum atomic E-state index is 0.141. The third-order valence-corrected chi connectivity index (χ3v) is 4.61. The fourth-order valence-electron chi connectivity index (χ4n) is 2.78. The fourth-order valence-corrected chi connectivity index (χ4v) is 3.31. The molecule has 0 aliphatic carbocycles. The molecule has 1 saturated heterocycles. The lowest BCUT2D eigenvalue weighted by molar-refractivity contribution is 0.209. The molecule has 2 rings (SSSR count). The van der Waals surface area contributed by atoms with E-state index in [9.17, 15) is 0 Å². The number of nitrogens with two attached hydrogens (primary N) is 1. The van der Waals surface area contributed by atoms with E-state index in [4.69, 9.17) is 28.9 Å². The van der Waals surface area contributed by atoms with E-state index in [-0.39, 0.29) is 6.04 Å². The summed E-state index contributed by atoms with van der Waals surface area (Å²) in [6.07, 6.45) is 2.65. The number of likely N-dealkylation sites (tertiary alicyclic amines) is 1. The molecule has 0 saturated carbocycles. The van der Waals surface area contributed by atoms with E-state index < -0.39 is 0 Å². The van der Waals surface area contributed by atoms with Crippen molar-refractivity contribution < 1.29 is 0 Å². The topological polar surface area (TPSA) is 32.5 Å². The van der Waals surface area contributed by atoms with Gasteiger partial charge in [0, 0.05) is 35.7 Å². The summed E-state index contributed by atoms with van der Waals surface area (Å²) in [6, 6.07) is 5.78. The molecule has 0 amide bonds. The Balaban J connectivity index is 1.98. The Bertz CT molecular complexity index is 433. The molecule has 1 unspecified atom stereocenters. The number of likely N-dealkylation sites (N-methyl/N-ethyl adjacent to an activating group) is 1. The van der Waals surface area contributed by atoms with E-state index in [0.717, 1.165) is 18.7 Å². The van der Waals surface area contributed by atoms with E-state index in [0.29, 0.717) is 16.6 Å². The molecule has 0 radical (unpaired) electrons. The van der Waals surface area contributed by atoms with Crippen LogP contribution in [0.2, 0.25) is 10.0 Å². The Morgan fingerprint density at radius 1 is 1.30 bits per heavy atom. The summed E-state index contributed by atoms with van der Waals surface area (Å²) < 4.78 is 0. The van der Waals surface area contributed by atoms with Crippen molar-refractivity contribution in [2.45, 2.75) is 18.9 Å². The Kier molecular flexibility index (Phi) is 6.12. The SMILES string of the molecule is CN(CCN1CCCC1)C(CN)c1ccc(Cl)cc1Cl. The summed E-state index contributed by atoms with van der Waals surface area (Å²) in [5, 5.41) is 1.36. The predicted octanol–water partition coefficient (Wildman–Crippen LogP) is 3.02. The van der Waals surface area contributed by atoms with Gasteiger partial charge in [-0.3, -0.25) is 4.90 Å². The van der Waals surface area contributed by atoms with Gasteiger partial charge < -0.3 is 10.6 Å². The van der Waals surface area contributed by atoms with Crippen LogP contribution in [-0.4, -0.2) is 49.6 Å². The summed E-state index contributed by atoms with van der Waals surface area (Å²) in [7, 11) is 2.11. The summed E-state index contributed by atoms with van der Waals surface area (Å²) in [5.74, 6) is 0. The van der Waals surface area contributed by atoms with Gasteiger partial charge in [0.1, 0.15) is 0 Å². The molecule has 1 aromatic carbocycles. The maximum atomic E-state index is 6.30. The highest BCUT2D eigenvalue weighted by Crippen LogP contribution is 2.28. The molecule has 3 nitrogen and oxygen atoms in total. The minimum absolute atomic E-state index is 0.141. The molecule has 20 heavy (non-hydrogen) atoms. The average Bonchev–Trinajstić information content (AvgIpc) is 2.93. The van der Waals surface area contributed by atoms with Crippen molar-refractivity contribution >= 4 is 23.2 Å². The van der Waals surface area contributed by atoms with Crippen molar-refractivity contribution in [2.75, 3.05) is 39.8 Å². The standard InChI is InChI=1S/C15H23Cl2N3/c1-19(8-9-20-6-2-3-7-20)15(11-18)13-5-4-12(16)10-14(13)17/h4-5,10,15H,2-3,6-9,11,18H2,1H3. The molecule has 0 spiro atoms. The second-order valence-electron chi connectivity index (χ2n) is 5.45. The van der Waals surface area contributed by atoms with E-state index in [1.165, 1.54) is 25.9 Å². The van der Waals surface area contributed by atoms with Crippen LogP contribution >= 0.6 is 23.2 Å². The largest absolute Gasteiger partial charge is 0.329 e. The Morgan fingerprint density at radius 2 is 2.00 bits per heavy atom. The van der Waals surface area contributed by atoms with Gasteiger partial charge in [0.2, 0.25) is 0 Å². The molecule has 5 heteroatoms. The molecule has 0 bridgehead atoms. The van der Waals surface area contributed by atoms with Gasteiger partial charge in [0.25, 0.3) is 0 Å². The third-order valence-electron chi connectivity index (χ3n) is 4.04. The van der Waals surface area contributed by atoms with Gasteiger partial charge in [0.15, 0.2) is 0 Å². The van der Waals surface area contributed by atoms with E-state index >= 15 is 0 Å². The molecule has 0 aromatic heterocycles. The highest BCUT2D eigenvalue weighted by atomic mass is 35.5. The molecule has 1 heterocycles. The van der Waals surface area contributed by atoms with Crippen LogP contribution in [-0.2, 0) is 0 Å². The third kappa shape index (κ3) is 4.09. The number of benzene rings is 1. The average molecular weight is 316 g/mol. The molecule has 112 valence electrons. The van der Waals surface area contributed by atoms with Crippen molar-refractivity contribution in [1.82, 2.24) is 9.80 Å². The van der Waals surface area contributed by atoms with Crippen LogP contribution < -0.4 is 5.73 Å². The smallest absolute Gasteiger partial charge is 0.0482 e. The van der Waals surface area contributed by atoms with Gasteiger partial charge >= 0.3 is 0 Å². The monoisotopic (exact) mass is 315 g/mol. The summed E-state index contributed by atoms with van der Waals surface area (Å²) in [5.41, 5.74) is 7.01. The highest BCUT2D eigenvalue weighted by molar-refractivity contribution is 6.35. The normalized spacial score (nSPS) is 17.9. The number of nitrogens with zero attached hydrogens (tertiary/aromatic N) is 2. The van der Waals surface area contributed by atoms with Crippen molar-refractivity contribution in [3.05, 3.63) is 33.8 Å². The highest BCUT2D eigenvalue weighted by Gasteiger charge is 2.19. The molecule has 1 aromatic rings. The van der Waals surface area contributed by atoms with Crippen molar-refractivity contribution in [1.29, 1.82) is 0 Å². The molecule has 1 atom stereocenters. The first-order valence-electron chi connectivity index (χ1n) is 7.19. The first-order chi connectivity index (χ1) is 9.61. The van der Waals surface area contributed by atoms with Crippen LogP contribution in [0.15, 0.2) is 18.2 Å². The van der Waals surface area contributed by atoms with Crippen molar-refractivity contribution in [3.63, 3.8) is 0 Å². The molecular weight excluding hydrogens is 293 g/mol. The Hall–Kier alpha value is -0.320. The molecule has 1 fully saturated rings. The summed E-state index contributed by atoms with van der Waals surface area (Å²) >= 11 is 12.3. The molecule has 2 N–H and O–H groups in total. The molecule has 1 aliphatic heterocycles. The number of halogens is 2. The Morgan fingerprint density at radius 3 is 2.60 bits per heavy atom. The zero-order chi connectivity index (χ0) is 14.5. The van der Waals surface area contributed by atoms with Gasteiger partial charge in [0.05, 0.1) is 0 Å². The van der Waals surface area contributed by atoms with Gasteiger partial charge in [-0.25, -0.2) is 0 Å². The molecular formula is C15H23Cl2N3. The van der Waals surface area contributed by atoms with Crippen LogP contribution in [0.25, 0.3) is 0 Å². The number of hydrogen-bond donors (Lipinski definition) is 1. The van der Waals surface area contributed by atoms with Crippen LogP contribution in [0.5, 0.6) is 0 Å². The van der Waals surface area contributed by atoms with Gasteiger partial charge in [-0.15, -0.1) is 0 Å². The van der Waals surface area contributed by atoms with Crippen molar-refractivity contribution in [2.24, 2.45) is 5.73 Å². The van der Waals surface area contributed by atoms with Crippen LogP contribution in [0.4, 0.5) is 0 Å². The number of rotatable bonds is 6. The van der Waals surface area contributed by atoms with Gasteiger partial charge in [-0.2, -0.15) is 0 Å². The van der Waals surface area contributed by atoms with E-state index in [2.05, 4.69) is 16.8 Å². The second kappa shape index (κ2) is 7.62.